The van der Waals surface area contributed by atoms with E-state index in [1.165, 1.54) is 0 Å². The normalized spacial score (nSPS) is 19.3. The van der Waals surface area contributed by atoms with Crippen LogP contribution in [0.25, 0.3) is 0 Å². The molecule has 5 N–H and O–H groups in total. The minimum absolute atomic E-state index is 0.164. The number of rotatable bonds is 4. The quantitative estimate of drug-likeness (QED) is 0.321. The van der Waals surface area contributed by atoms with Crippen molar-refractivity contribution in [3.05, 3.63) is 11.5 Å². The molecule has 0 aromatic rings. The first kappa shape index (κ1) is 17.8. The van der Waals surface area contributed by atoms with Gasteiger partial charge in [-0.25, -0.2) is 10.8 Å². The highest BCUT2D eigenvalue weighted by Crippen LogP contribution is 2.24. The first-order chi connectivity index (χ1) is 9.72. The second-order valence-electron chi connectivity index (χ2n) is 4.90. The van der Waals surface area contributed by atoms with Crippen LogP contribution in [0.2, 0.25) is 0 Å². The minimum atomic E-state index is -4.59. The standard InChI is InChI=1S/C12H19ClF3N5/c13-10(18)9(17)11(20-7-12(14,15)16)21(19)8-5-3-1-2-4-6-8/h7-8,18H,1-6,17,19H2/b11-9-,18-10?,20-7?. The zero-order chi connectivity index (χ0) is 16.0. The predicted molar refractivity (Wildman–Crippen MR) is 76.9 cm³/mol. The summed E-state index contributed by atoms with van der Waals surface area (Å²) in [4.78, 5) is 3.30. The third-order valence-corrected chi connectivity index (χ3v) is 3.48. The lowest BCUT2D eigenvalue weighted by molar-refractivity contribution is -0.0537. The average Bonchev–Trinajstić information content (AvgIpc) is 2.65. The molecule has 1 saturated carbocycles. The molecule has 21 heavy (non-hydrogen) atoms. The van der Waals surface area contributed by atoms with Crippen LogP contribution in [0.3, 0.4) is 0 Å². The highest BCUT2D eigenvalue weighted by atomic mass is 35.5. The highest BCUT2D eigenvalue weighted by Gasteiger charge is 2.27. The van der Waals surface area contributed by atoms with Gasteiger partial charge in [0, 0.05) is 6.04 Å². The molecule has 120 valence electrons. The Kier molecular flexibility index (Phi) is 6.47. The summed E-state index contributed by atoms with van der Waals surface area (Å²) in [5.41, 5.74) is 5.19. The van der Waals surface area contributed by atoms with E-state index in [4.69, 9.17) is 28.6 Å². The molecule has 0 atom stereocenters. The number of nitrogens with zero attached hydrogens (tertiary/aromatic N) is 2. The van der Waals surface area contributed by atoms with E-state index in [9.17, 15) is 13.2 Å². The van der Waals surface area contributed by atoms with Gasteiger partial charge in [0.15, 0.2) is 5.82 Å². The van der Waals surface area contributed by atoms with E-state index >= 15 is 0 Å². The molecule has 1 aliphatic carbocycles. The summed E-state index contributed by atoms with van der Waals surface area (Å²) in [6.07, 6.45) is 0.691. The van der Waals surface area contributed by atoms with Crippen LogP contribution < -0.4 is 11.6 Å². The summed E-state index contributed by atoms with van der Waals surface area (Å²) < 4.78 is 36.9. The molecule has 1 rings (SSSR count). The molecular formula is C12H19ClF3N5. The van der Waals surface area contributed by atoms with Crippen LogP contribution in [0.1, 0.15) is 38.5 Å². The van der Waals surface area contributed by atoms with Crippen LogP contribution >= 0.6 is 11.6 Å². The molecule has 9 heteroatoms. The zero-order valence-corrected chi connectivity index (χ0v) is 12.2. The number of nitrogens with one attached hydrogen (secondary N) is 1. The fourth-order valence-electron chi connectivity index (χ4n) is 2.22. The van der Waals surface area contributed by atoms with E-state index in [2.05, 4.69) is 4.99 Å². The Balaban J connectivity index is 3.03. The average molecular weight is 326 g/mol. The maximum atomic E-state index is 12.3. The van der Waals surface area contributed by atoms with Gasteiger partial charge in [0.25, 0.3) is 0 Å². The smallest absolute Gasteiger partial charge is 0.393 e. The monoisotopic (exact) mass is 325 g/mol. The summed E-state index contributed by atoms with van der Waals surface area (Å²) >= 11 is 5.45. The Morgan fingerprint density at radius 3 is 2.19 bits per heavy atom. The molecule has 0 aromatic heterocycles. The molecule has 0 spiro atoms. The third-order valence-electron chi connectivity index (χ3n) is 3.27. The fourth-order valence-corrected chi connectivity index (χ4v) is 2.30. The first-order valence-electron chi connectivity index (χ1n) is 6.62. The molecule has 0 heterocycles. The summed E-state index contributed by atoms with van der Waals surface area (Å²) in [5.74, 6) is 5.57. The highest BCUT2D eigenvalue weighted by molar-refractivity contribution is 6.68. The lowest BCUT2D eigenvalue weighted by Crippen LogP contribution is -2.41. The summed E-state index contributed by atoms with van der Waals surface area (Å²) in [6, 6.07) is -0.164. The largest absolute Gasteiger partial charge is 0.426 e. The van der Waals surface area contributed by atoms with Gasteiger partial charge in [0.1, 0.15) is 17.1 Å². The van der Waals surface area contributed by atoms with Crippen molar-refractivity contribution in [1.29, 1.82) is 5.41 Å². The van der Waals surface area contributed by atoms with Gasteiger partial charge in [0.05, 0.1) is 0 Å². The maximum absolute atomic E-state index is 12.3. The van der Waals surface area contributed by atoms with E-state index in [1.54, 1.807) is 0 Å². The second kappa shape index (κ2) is 7.65. The number of hydrogen-bond donors (Lipinski definition) is 3. The molecule has 0 saturated heterocycles. The summed E-state index contributed by atoms with van der Waals surface area (Å²) in [7, 11) is 0. The number of hydrazine groups is 1. The van der Waals surface area contributed by atoms with Gasteiger partial charge in [-0.1, -0.05) is 37.3 Å². The molecule has 0 bridgehead atoms. The Morgan fingerprint density at radius 1 is 1.24 bits per heavy atom. The van der Waals surface area contributed by atoms with Crippen molar-refractivity contribution in [2.75, 3.05) is 0 Å². The number of nitrogens with two attached hydrogens (primary N) is 2. The number of hydrogen-bond acceptors (Lipinski definition) is 5. The Hall–Kier alpha value is -1.28. The summed E-state index contributed by atoms with van der Waals surface area (Å²) in [6.45, 7) is 0. The van der Waals surface area contributed by atoms with E-state index in [1.807, 2.05) is 0 Å². The van der Waals surface area contributed by atoms with E-state index in [0.717, 1.165) is 43.5 Å². The number of halogens is 4. The van der Waals surface area contributed by atoms with Gasteiger partial charge in [-0.2, -0.15) is 13.2 Å². The van der Waals surface area contributed by atoms with Gasteiger partial charge >= 0.3 is 6.18 Å². The van der Waals surface area contributed by atoms with Crippen LogP contribution in [0.15, 0.2) is 16.5 Å². The Morgan fingerprint density at radius 2 is 1.76 bits per heavy atom. The van der Waals surface area contributed by atoms with E-state index < -0.39 is 11.3 Å². The van der Waals surface area contributed by atoms with Gasteiger partial charge < -0.3 is 5.73 Å². The topological polar surface area (TPSA) is 91.5 Å². The Bertz CT molecular complexity index is 425. The lowest BCUT2D eigenvalue weighted by atomic mass is 10.1. The molecule has 0 amide bonds. The van der Waals surface area contributed by atoms with Crippen molar-refractivity contribution >= 4 is 23.0 Å². The van der Waals surface area contributed by atoms with E-state index in [0.29, 0.717) is 0 Å². The van der Waals surface area contributed by atoms with Crippen molar-refractivity contribution in [3.63, 3.8) is 0 Å². The number of alkyl halides is 3. The third kappa shape index (κ3) is 5.92. The van der Waals surface area contributed by atoms with Gasteiger partial charge in [0.2, 0.25) is 0 Å². The van der Waals surface area contributed by atoms with Crippen molar-refractivity contribution in [3.8, 4) is 0 Å². The SMILES string of the molecule is N=C(Cl)/C(N)=C(\N=CC(F)(F)F)N(N)C1CCCCCC1. The molecule has 0 aliphatic heterocycles. The second-order valence-corrected chi connectivity index (χ2v) is 5.28. The number of allylic oxidation sites excluding steroid dienone is 1. The van der Waals surface area contributed by atoms with E-state index in [-0.39, 0.29) is 23.8 Å². The Labute approximate surface area is 126 Å². The van der Waals surface area contributed by atoms with Crippen LogP contribution in [-0.2, 0) is 0 Å². The van der Waals surface area contributed by atoms with Crippen LogP contribution in [0.4, 0.5) is 13.2 Å². The summed E-state index contributed by atoms with van der Waals surface area (Å²) in [5, 5.41) is 7.78. The molecule has 0 radical (unpaired) electrons. The molecule has 0 unspecified atom stereocenters. The molecular weight excluding hydrogens is 307 g/mol. The van der Waals surface area contributed by atoms with Crippen LogP contribution in [0, 0.1) is 5.41 Å². The maximum Gasteiger partial charge on any atom is 0.426 e. The lowest BCUT2D eigenvalue weighted by Gasteiger charge is -2.29. The molecule has 1 fully saturated rings. The van der Waals surface area contributed by atoms with Crippen molar-refractivity contribution < 1.29 is 13.2 Å². The van der Waals surface area contributed by atoms with Crippen molar-refractivity contribution in [1.82, 2.24) is 5.01 Å². The molecule has 5 nitrogen and oxygen atoms in total. The van der Waals surface area contributed by atoms with Crippen LogP contribution in [0.5, 0.6) is 0 Å². The van der Waals surface area contributed by atoms with Gasteiger partial charge in [-0.05, 0) is 12.8 Å². The fraction of sp³-hybridized carbons (Fsp3) is 0.667. The van der Waals surface area contributed by atoms with Crippen molar-refractivity contribution in [2.45, 2.75) is 50.7 Å². The number of aliphatic imine (C=N–C) groups is 1. The first-order valence-corrected chi connectivity index (χ1v) is 7.00. The molecule has 0 aromatic carbocycles. The minimum Gasteiger partial charge on any atom is -0.393 e. The molecule has 1 aliphatic rings. The zero-order valence-electron chi connectivity index (χ0n) is 11.5. The van der Waals surface area contributed by atoms with Crippen LogP contribution in [-0.4, -0.2) is 28.6 Å². The van der Waals surface area contributed by atoms with Gasteiger partial charge in [-0.3, -0.25) is 10.4 Å². The predicted octanol–water partition coefficient (Wildman–Crippen LogP) is 2.86. The van der Waals surface area contributed by atoms with Gasteiger partial charge in [-0.15, -0.1) is 0 Å². The van der Waals surface area contributed by atoms with Crippen molar-refractivity contribution in [2.24, 2.45) is 16.6 Å².